The Bertz CT molecular complexity index is 4150. The largest absolute Gasteiger partial charge is 0.494 e. The van der Waals surface area contributed by atoms with Crippen LogP contribution in [0.25, 0.3) is 6.08 Å². The fourth-order valence-electron chi connectivity index (χ4n) is 19.4. The van der Waals surface area contributed by atoms with Gasteiger partial charge in [-0.2, -0.15) is 0 Å². The van der Waals surface area contributed by atoms with Crippen molar-refractivity contribution in [1.29, 1.82) is 0 Å². The summed E-state index contributed by atoms with van der Waals surface area (Å²) < 4.78 is 27.2. The van der Waals surface area contributed by atoms with Crippen LogP contribution in [0.4, 0.5) is 28.4 Å². The molecule has 30 nitrogen and oxygen atoms in total. The number of nitrogens with two attached hydrogens (primary N) is 3. The highest BCUT2D eigenvalue weighted by Crippen LogP contribution is 2.45. The Balaban J connectivity index is 0.000000157. The summed E-state index contributed by atoms with van der Waals surface area (Å²) in [6.45, 7) is 26.0. The molecule has 682 valence electrons. The Morgan fingerprint density at radius 1 is 0.407 bits per heavy atom. The summed E-state index contributed by atoms with van der Waals surface area (Å²) in [4.78, 5) is 54.7. The molecule has 5 fully saturated rings. The Kier molecular flexibility index (Phi) is 39.7. The van der Waals surface area contributed by atoms with E-state index in [4.69, 9.17) is 101 Å². The van der Waals surface area contributed by atoms with Crippen molar-refractivity contribution < 1.29 is 63.9 Å². The first-order valence-corrected chi connectivity index (χ1v) is 45.4. The molecule has 0 spiro atoms. The Labute approximate surface area is 741 Å². The van der Waals surface area contributed by atoms with Crippen molar-refractivity contribution in [2.75, 3.05) is 249 Å². The van der Waals surface area contributed by atoms with E-state index in [0.29, 0.717) is 84.5 Å². The first-order chi connectivity index (χ1) is 59.6. The number of nitro groups is 2. The van der Waals surface area contributed by atoms with Gasteiger partial charge in [-0.3, -0.25) is 64.2 Å². The van der Waals surface area contributed by atoms with Gasteiger partial charge >= 0.3 is 11.4 Å². The second-order valence-corrected chi connectivity index (χ2v) is 34.5. The molecule has 5 heterocycles. The number of allylic oxidation sites excluding steroid dienone is 1. The molecule has 10 aliphatic rings. The van der Waals surface area contributed by atoms with Crippen molar-refractivity contribution >= 4 is 75.1 Å². The standard InChI is InChI=1S/C18H24ClN3O4.C18H28ClN3O2.2C18H29N3O2.C12H12ClNO4.C6H14N2O/c1-26-18-14-4-2-3-13(21-7-5-20(6-8-21)9-10-23)11-15(14)16(19)12-17(18)22(24)25;1-24-18-14-4-2-3-13(11-15(14)16(19)12-17(18)20)22-7-5-21(6-8-22)9-10-23;2*1-23-18-16-4-2-3-15(13-14(16)5-6-17(18)19)21-9-7-20(8-10-21)11-12-22;1-18-12-8-4-2-3-7(15)5-9(8)10(13)6-11(12)14(16)17;9-6-5-8-3-1-7-2-4-8/h11-12,23H,2-10H2,1H3;12-13,23H,2-11,20H2,1H3;2*5-6,15,22H,2-4,7-13,19H2,1H3;6H,2-5H2,1H3;7,9H,1-6H2/t;13-;2*15-;;/m.000../s1. The molecule has 0 amide bonds. The SMILES string of the molecule is COc1c(N)cc(Cl)c2c1CCC[C@H](N1CCN(CCO)CC1)C2.COc1c(N)ccc2c1CCC[C@H](N1CCN(CCO)CC1)C2.COc1c(N)ccc2c1CCC[C@H](N1CCN(CCO)CC1)C2.COc1c([N+](=O)[O-])cc(Cl)c2c1CCCC(=O)C2.COc1c([N+](=O)[O-])cc(Cl)c2c1CCCC(N1CCN(CCO)CC1)=C2.OCCN1CCNCC1. The molecule has 5 aliphatic carbocycles. The quantitative estimate of drug-likeness (QED) is 0.0145. The third-order valence-corrected chi connectivity index (χ3v) is 26.9. The van der Waals surface area contributed by atoms with E-state index < -0.39 is 9.85 Å². The number of hydrogen-bond acceptors (Lipinski definition) is 28. The molecule has 0 aromatic heterocycles. The molecule has 5 saturated heterocycles. The van der Waals surface area contributed by atoms with Crippen LogP contribution in [0.2, 0.25) is 15.1 Å². The number of methoxy groups -OCH3 is 5. The van der Waals surface area contributed by atoms with Gasteiger partial charge in [0.15, 0.2) is 5.75 Å². The molecule has 5 aromatic rings. The van der Waals surface area contributed by atoms with E-state index in [0.717, 1.165) is 260 Å². The number of halogens is 3. The van der Waals surface area contributed by atoms with E-state index in [2.05, 4.69) is 67.6 Å². The molecule has 0 unspecified atom stereocenters. The van der Waals surface area contributed by atoms with E-state index in [1.54, 1.807) is 21.3 Å². The second-order valence-electron chi connectivity index (χ2n) is 33.3. The highest BCUT2D eigenvalue weighted by molar-refractivity contribution is 6.33. The number of carbonyl (C=O) groups excluding carboxylic acids is 1. The Morgan fingerprint density at radius 2 is 0.764 bits per heavy atom. The van der Waals surface area contributed by atoms with Crippen molar-refractivity contribution in [1.82, 2.24) is 49.4 Å². The first kappa shape index (κ1) is 98.0. The number of aliphatic hydroxyl groups excluding tert-OH is 5. The number of hydrogen-bond donors (Lipinski definition) is 9. The van der Waals surface area contributed by atoms with Gasteiger partial charge in [0.1, 0.15) is 23.0 Å². The molecule has 0 radical (unpaired) electrons. The Hall–Kier alpha value is -7.18. The summed E-state index contributed by atoms with van der Waals surface area (Å²) in [7, 11) is 7.97. The van der Waals surface area contributed by atoms with Gasteiger partial charge in [-0.05, 0) is 167 Å². The number of anilines is 3. The van der Waals surface area contributed by atoms with E-state index in [1.165, 1.54) is 97.5 Å². The fourth-order valence-corrected chi connectivity index (χ4v) is 20.3. The number of nitrogens with one attached hydrogen (secondary N) is 1. The van der Waals surface area contributed by atoms with Gasteiger partial charge in [0.05, 0.1) is 106 Å². The van der Waals surface area contributed by atoms with Crippen LogP contribution in [0.1, 0.15) is 120 Å². The number of fused-ring (bicyclic) bond motifs is 5. The summed E-state index contributed by atoms with van der Waals surface area (Å²) in [6.07, 6.45) is 19.9. The number of benzene rings is 5. The number of piperazine rings is 5. The van der Waals surface area contributed by atoms with Crippen LogP contribution in [-0.2, 0) is 62.6 Å². The Morgan fingerprint density at radius 3 is 1.20 bits per heavy atom. The molecule has 12 N–H and O–H groups in total. The van der Waals surface area contributed by atoms with Crippen molar-refractivity contribution in [2.45, 2.75) is 140 Å². The first-order valence-electron chi connectivity index (χ1n) is 44.3. The molecule has 33 heteroatoms. The summed E-state index contributed by atoms with van der Waals surface area (Å²) in [5.41, 5.74) is 32.2. The number of carbonyl (C=O) groups is 1. The lowest BCUT2D eigenvalue weighted by atomic mass is 9.98. The third kappa shape index (κ3) is 26.7. The van der Waals surface area contributed by atoms with Crippen LogP contribution in [0, 0.1) is 20.2 Å². The monoisotopic (exact) mass is 1770 g/mol. The molecule has 15 rings (SSSR count). The predicted octanol–water partition coefficient (Wildman–Crippen LogP) is 8.19. The van der Waals surface area contributed by atoms with E-state index >= 15 is 0 Å². The van der Waals surface area contributed by atoms with Crippen molar-refractivity contribution in [2.24, 2.45) is 0 Å². The molecule has 123 heavy (non-hydrogen) atoms. The summed E-state index contributed by atoms with van der Waals surface area (Å²) in [6, 6.07) is 14.6. The van der Waals surface area contributed by atoms with Gasteiger partial charge < -0.3 is 76.6 Å². The highest BCUT2D eigenvalue weighted by atomic mass is 35.5. The van der Waals surface area contributed by atoms with Gasteiger partial charge in [0.25, 0.3) is 0 Å². The van der Waals surface area contributed by atoms with Gasteiger partial charge in [0.2, 0.25) is 5.75 Å². The molecule has 0 bridgehead atoms. The number of Topliss-reactive ketones (excluding diaryl/α,β-unsaturated/α-hetero) is 1. The van der Waals surface area contributed by atoms with Gasteiger partial charge in [-0.15, -0.1) is 0 Å². The molecule has 0 saturated carbocycles. The number of aliphatic hydroxyl groups is 5. The van der Waals surface area contributed by atoms with Crippen molar-refractivity contribution in [3.8, 4) is 28.7 Å². The van der Waals surface area contributed by atoms with Gasteiger partial charge in [-0.1, -0.05) is 46.9 Å². The molecule has 3 atom stereocenters. The smallest absolute Gasteiger partial charge is 0.312 e. The number of ether oxygens (including phenoxy) is 5. The number of nitro benzene ring substituents is 2. The minimum Gasteiger partial charge on any atom is -0.494 e. The molecular formula is C90H136Cl3N15O15. The zero-order valence-corrected chi connectivity index (χ0v) is 75.4. The number of nitrogens with zero attached hydrogens (tertiary/aromatic N) is 11. The van der Waals surface area contributed by atoms with Crippen molar-refractivity contribution in [3.05, 3.63) is 139 Å². The highest BCUT2D eigenvalue weighted by Gasteiger charge is 2.35. The summed E-state index contributed by atoms with van der Waals surface area (Å²) in [5, 5.41) is 71.9. The van der Waals surface area contributed by atoms with Crippen LogP contribution in [0.3, 0.4) is 0 Å². The zero-order chi connectivity index (χ0) is 88.1. The summed E-state index contributed by atoms with van der Waals surface area (Å²) in [5.74, 6) is 3.23. The van der Waals surface area contributed by atoms with Crippen LogP contribution in [-0.4, -0.2) is 336 Å². The normalized spacial score (nSPS) is 20.8. The number of rotatable bonds is 21. The van der Waals surface area contributed by atoms with Crippen LogP contribution in [0.5, 0.6) is 28.7 Å². The molecule has 5 aliphatic heterocycles. The lowest BCUT2D eigenvalue weighted by Gasteiger charge is -2.39. The number of nitrogen functional groups attached to an aromatic ring is 3. The van der Waals surface area contributed by atoms with Gasteiger partial charge in [0, 0.05) is 240 Å². The van der Waals surface area contributed by atoms with Crippen LogP contribution >= 0.6 is 34.8 Å². The minimum absolute atomic E-state index is 0.0780. The molecular weight excluding hydrogens is 1640 g/mol. The maximum Gasteiger partial charge on any atom is 0.312 e. The number of ketones is 1. The van der Waals surface area contributed by atoms with E-state index in [9.17, 15) is 25.0 Å². The maximum absolute atomic E-state index is 11.6. The summed E-state index contributed by atoms with van der Waals surface area (Å²) >= 11 is 19.0. The minimum atomic E-state index is -0.516. The number of β-amino-alcohol motifs (C(OH)–C–C–N with tert-alkyl or cyclic N) is 5. The zero-order valence-electron chi connectivity index (χ0n) is 73.1. The van der Waals surface area contributed by atoms with Crippen LogP contribution < -0.4 is 46.2 Å². The second kappa shape index (κ2) is 49.8. The van der Waals surface area contributed by atoms with Crippen LogP contribution in [0.15, 0.2) is 48.2 Å². The third-order valence-electron chi connectivity index (χ3n) is 25.9. The lowest BCUT2D eigenvalue weighted by molar-refractivity contribution is -0.385. The van der Waals surface area contributed by atoms with E-state index in [-0.39, 0.29) is 60.8 Å². The van der Waals surface area contributed by atoms with E-state index in [1.807, 2.05) is 18.2 Å². The topological polar surface area (TPSA) is 370 Å². The average molecular weight is 1770 g/mol. The van der Waals surface area contributed by atoms with Gasteiger partial charge in [-0.25, -0.2) is 0 Å². The molecule has 5 aromatic carbocycles. The maximum atomic E-state index is 11.6. The lowest BCUT2D eigenvalue weighted by Crippen LogP contribution is -2.51. The average Bonchev–Trinajstić information content (AvgIpc) is 1.79. The fraction of sp³-hybridized carbons (Fsp3) is 0.633. The van der Waals surface area contributed by atoms with Crippen molar-refractivity contribution in [3.63, 3.8) is 0 Å². The predicted molar refractivity (Wildman–Crippen MR) is 487 cm³/mol.